The van der Waals surface area contributed by atoms with Crippen molar-refractivity contribution in [3.8, 4) is 0 Å². The lowest BCUT2D eigenvalue weighted by Gasteiger charge is -2.43. The second kappa shape index (κ2) is 3.66. The lowest BCUT2D eigenvalue weighted by Crippen LogP contribution is -2.56. The van der Waals surface area contributed by atoms with E-state index in [-0.39, 0.29) is 6.42 Å². The largest absolute Gasteiger partial charge is 0.408 e. The van der Waals surface area contributed by atoms with Gasteiger partial charge < -0.3 is 4.90 Å². The first-order valence-electron chi connectivity index (χ1n) is 4.42. The van der Waals surface area contributed by atoms with Crippen molar-refractivity contribution < 1.29 is 13.2 Å². The third-order valence-electron chi connectivity index (χ3n) is 2.42. The second-order valence-corrected chi connectivity index (χ2v) is 4.32. The van der Waals surface area contributed by atoms with Crippen LogP contribution in [0.3, 0.4) is 0 Å². The van der Waals surface area contributed by atoms with Crippen molar-refractivity contribution in [2.75, 3.05) is 11.4 Å². The van der Waals surface area contributed by atoms with Gasteiger partial charge in [-0.05, 0) is 28.4 Å². The van der Waals surface area contributed by atoms with Gasteiger partial charge in [0.25, 0.3) is 0 Å². The van der Waals surface area contributed by atoms with Crippen LogP contribution in [0.4, 0.5) is 18.9 Å². The minimum absolute atomic E-state index is 0.163. The molecule has 1 unspecified atom stereocenters. The van der Waals surface area contributed by atoms with Gasteiger partial charge in [0, 0.05) is 17.2 Å². The third kappa shape index (κ3) is 2.09. The maximum Gasteiger partial charge on any atom is 0.408 e. The van der Waals surface area contributed by atoms with E-state index in [9.17, 15) is 13.2 Å². The van der Waals surface area contributed by atoms with Crippen LogP contribution in [0.25, 0.3) is 0 Å². The van der Waals surface area contributed by atoms with Gasteiger partial charge >= 0.3 is 6.18 Å². The van der Waals surface area contributed by atoms with E-state index in [0.717, 1.165) is 0 Å². The topological polar surface area (TPSA) is 16.1 Å². The fourth-order valence-corrected chi connectivity index (χ4v) is 1.95. The van der Waals surface area contributed by atoms with Gasteiger partial charge in [0.15, 0.2) is 0 Å². The summed E-state index contributed by atoms with van der Waals surface area (Å²) >= 11 is 3.18. The number of hydrogen-bond donors (Lipinski definition) is 0. The fourth-order valence-electron chi connectivity index (χ4n) is 1.59. The predicted octanol–water partition coefficient (Wildman–Crippen LogP) is 2.99. The molecule has 1 aliphatic rings. The maximum absolute atomic E-state index is 12.5. The number of nitrogens with zero attached hydrogens (tertiary/aromatic N) is 2. The molecule has 1 aliphatic heterocycles. The van der Waals surface area contributed by atoms with Crippen LogP contribution in [0.1, 0.15) is 6.42 Å². The SMILES string of the molecule is FC(F)(F)C1CCN1c1cncc(Br)c1. The highest BCUT2D eigenvalue weighted by molar-refractivity contribution is 9.10. The van der Waals surface area contributed by atoms with Gasteiger partial charge in [-0.25, -0.2) is 0 Å². The zero-order valence-corrected chi connectivity index (χ0v) is 9.22. The molecule has 1 fully saturated rings. The second-order valence-electron chi connectivity index (χ2n) is 3.40. The molecule has 2 heterocycles. The highest BCUT2D eigenvalue weighted by Crippen LogP contribution is 2.37. The molecule has 1 atom stereocenters. The van der Waals surface area contributed by atoms with Crippen LogP contribution in [0.15, 0.2) is 22.9 Å². The van der Waals surface area contributed by atoms with Gasteiger partial charge in [-0.3, -0.25) is 4.98 Å². The Kier molecular flexibility index (Phi) is 2.62. The zero-order chi connectivity index (χ0) is 11.1. The van der Waals surface area contributed by atoms with E-state index in [1.807, 2.05) is 0 Å². The minimum Gasteiger partial charge on any atom is -0.358 e. The molecule has 1 saturated heterocycles. The molecule has 0 aliphatic carbocycles. The van der Waals surface area contributed by atoms with Crippen LogP contribution in [0.2, 0.25) is 0 Å². The van der Waals surface area contributed by atoms with Crippen molar-refractivity contribution in [2.45, 2.75) is 18.6 Å². The average molecular weight is 281 g/mol. The Balaban J connectivity index is 2.19. The maximum atomic E-state index is 12.5. The van der Waals surface area contributed by atoms with Crippen molar-refractivity contribution >= 4 is 21.6 Å². The first-order chi connectivity index (χ1) is 6.98. The van der Waals surface area contributed by atoms with Crippen LogP contribution in [0.5, 0.6) is 0 Å². The van der Waals surface area contributed by atoms with E-state index in [4.69, 9.17) is 0 Å². The standard InChI is InChI=1S/C9H8BrF3N2/c10-6-3-7(5-14-4-6)15-2-1-8(15)9(11,12)13/h3-5,8H,1-2H2. The molecule has 15 heavy (non-hydrogen) atoms. The molecule has 0 spiro atoms. The van der Waals surface area contributed by atoms with Gasteiger partial charge in [0.2, 0.25) is 0 Å². The van der Waals surface area contributed by atoms with Gasteiger partial charge in [-0.2, -0.15) is 13.2 Å². The highest BCUT2D eigenvalue weighted by atomic mass is 79.9. The van der Waals surface area contributed by atoms with Crippen LogP contribution in [-0.2, 0) is 0 Å². The van der Waals surface area contributed by atoms with E-state index in [2.05, 4.69) is 20.9 Å². The third-order valence-corrected chi connectivity index (χ3v) is 2.85. The number of rotatable bonds is 1. The quantitative estimate of drug-likeness (QED) is 0.786. The summed E-state index contributed by atoms with van der Waals surface area (Å²) < 4.78 is 38.1. The number of halogens is 4. The molecule has 6 heteroatoms. The summed E-state index contributed by atoms with van der Waals surface area (Å²) in [6.45, 7) is 0.433. The molecule has 0 radical (unpaired) electrons. The highest BCUT2D eigenvalue weighted by Gasteiger charge is 2.48. The Hall–Kier alpha value is -0.780. The zero-order valence-electron chi connectivity index (χ0n) is 7.63. The first-order valence-corrected chi connectivity index (χ1v) is 5.21. The van der Waals surface area contributed by atoms with Gasteiger partial charge in [-0.15, -0.1) is 0 Å². The molecule has 0 aromatic carbocycles. The average Bonchev–Trinajstić information content (AvgIpc) is 1.97. The van der Waals surface area contributed by atoms with Gasteiger partial charge in [0.1, 0.15) is 6.04 Å². The van der Waals surface area contributed by atoms with E-state index >= 15 is 0 Å². The lowest BCUT2D eigenvalue weighted by molar-refractivity contribution is -0.159. The molecular weight excluding hydrogens is 273 g/mol. The first kappa shape index (κ1) is 10.7. The van der Waals surface area contributed by atoms with E-state index in [1.165, 1.54) is 11.1 Å². The number of anilines is 1. The van der Waals surface area contributed by atoms with Crippen LogP contribution >= 0.6 is 15.9 Å². The monoisotopic (exact) mass is 280 g/mol. The smallest absolute Gasteiger partial charge is 0.358 e. The van der Waals surface area contributed by atoms with Crippen LogP contribution in [-0.4, -0.2) is 23.7 Å². The summed E-state index contributed by atoms with van der Waals surface area (Å²) in [7, 11) is 0. The van der Waals surface area contributed by atoms with Crippen molar-refractivity contribution in [3.63, 3.8) is 0 Å². The van der Waals surface area contributed by atoms with Crippen LogP contribution in [0, 0.1) is 0 Å². The van der Waals surface area contributed by atoms with E-state index < -0.39 is 12.2 Å². The molecule has 0 N–H and O–H groups in total. The normalized spacial score (nSPS) is 21.3. The Labute approximate surface area is 93.2 Å². The number of hydrogen-bond acceptors (Lipinski definition) is 2. The lowest BCUT2D eigenvalue weighted by atomic mass is 10.0. The molecule has 2 rings (SSSR count). The minimum atomic E-state index is -4.15. The molecule has 2 nitrogen and oxygen atoms in total. The molecular formula is C9H8BrF3N2. The summed E-state index contributed by atoms with van der Waals surface area (Å²) in [4.78, 5) is 5.16. The van der Waals surface area contributed by atoms with Gasteiger partial charge in [-0.1, -0.05) is 0 Å². The number of pyridine rings is 1. The number of alkyl halides is 3. The molecule has 0 amide bonds. The number of aromatic nitrogens is 1. The Bertz CT molecular complexity index is 367. The Morgan fingerprint density at radius 3 is 2.60 bits per heavy atom. The molecule has 1 aromatic rings. The van der Waals surface area contributed by atoms with Crippen molar-refractivity contribution in [3.05, 3.63) is 22.9 Å². The molecule has 0 saturated carbocycles. The Morgan fingerprint density at radius 1 is 1.40 bits per heavy atom. The van der Waals surface area contributed by atoms with Crippen molar-refractivity contribution in [1.29, 1.82) is 0 Å². The van der Waals surface area contributed by atoms with Crippen molar-refractivity contribution in [2.24, 2.45) is 0 Å². The van der Waals surface area contributed by atoms with Gasteiger partial charge in [0.05, 0.1) is 11.9 Å². The van der Waals surface area contributed by atoms with E-state index in [0.29, 0.717) is 16.7 Å². The Morgan fingerprint density at radius 2 is 2.13 bits per heavy atom. The van der Waals surface area contributed by atoms with Crippen LogP contribution < -0.4 is 4.90 Å². The summed E-state index contributed by atoms with van der Waals surface area (Å²) in [5.74, 6) is 0. The summed E-state index contributed by atoms with van der Waals surface area (Å²) in [5, 5.41) is 0. The van der Waals surface area contributed by atoms with E-state index in [1.54, 1.807) is 12.3 Å². The molecule has 82 valence electrons. The summed E-state index contributed by atoms with van der Waals surface area (Å²) in [5.41, 5.74) is 0.512. The fraction of sp³-hybridized carbons (Fsp3) is 0.444. The summed E-state index contributed by atoms with van der Waals surface area (Å²) in [6.07, 6.45) is -0.995. The molecule has 1 aromatic heterocycles. The van der Waals surface area contributed by atoms with Crippen molar-refractivity contribution in [1.82, 2.24) is 4.98 Å². The summed E-state index contributed by atoms with van der Waals surface area (Å²) in [6, 6.07) is 0.291. The molecule has 0 bridgehead atoms. The predicted molar refractivity (Wildman–Crippen MR) is 53.7 cm³/mol.